The van der Waals surface area contributed by atoms with Crippen LogP contribution in [0.25, 0.3) is 16.9 Å². The molecule has 6 rings (SSSR count). The number of fused-ring (bicyclic) bond motifs is 2. The van der Waals surface area contributed by atoms with Gasteiger partial charge < -0.3 is 24.3 Å². The molecular weight excluding hydrogens is 470 g/mol. The van der Waals surface area contributed by atoms with E-state index in [1.165, 1.54) is 12.8 Å². The van der Waals surface area contributed by atoms with Gasteiger partial charge in [0.25, 0.3) is 0 Å². The van der Waals surface area contributed by atoms with Crippen LogP contribution in [0.3, 0.4) is 0 Å². The number of nitrogens with zero attached hydrogens (tertiary/aromatic N) is 4. The molecule has 192 valence electrons. The predicted octanol–water partition coefficient (Wildman–Crippen LogP) is 4.70. The van der Waals surface area contributed by atoms with Gasteiger partial charge in [-0.1, -0.05) is 0 Å². The second-order valence-corrected chi connectivity index (χ2v) is 9.37. The lowest BCUT2D eigenvalue weighted by molar-refractivity contribution is 0.171. The second-order valence-electron chi connectivity index (χ2n) is 9.37. The second kappa shape index (κ2) is 10.2. The molecule has 0 aliphatic carbocycles. The molecule has 0 unspecified atom stereocenters. The summed E-state index contributed by atoms with van der Waals surface area (Å²) in [6, 6.07) is 15.8. The van der Waals surface area contributed by atoms with E-state index in [1.807, 2.05) is 47.0 Å². The Morgan fingerprint density at radius 2 is 1.78 bits per heavy atom. The van der Waals surface area contributed by atoms with Crippen LogP contribution in [-0.2, 0) is 0 Å². The van der Waals surface area contributed by atoms with Crippen LogP contribution in [0.2, 0.25) is 0 Å². The number of nitrogens with one attached hydrogen (secondary N) is 1. The Hall–Kier alpha value is -3.98. The number of anilines is 2. The van der Waals surface area contributed by atoms with Crippen molar-refractivity contribution in [2.24, 2.45) is 0 Å². The van der Waals surface area contributed by atoms with Gasteiger partial charge in [-0.05, 0) is 80.9 Å². The van der Waals surface area contributed by atoms with E-state index in [1.54, 1.807) is 7.11 Å². The van der Waals surface area contributed by atoms with Crippen molar-refractivity contribution in [3.8, 4) is 34.3 Å². The normalized spacial score (nSPS) is 15.2. The highest BCUT2D eigenvalue weighted by atomic mass is 16.6. The predicted molar refractivity (Wildman–Crippen MR) is 142 cm³/mol. The molecule has 0 saturated carbocycles. The SMILES string of the molecule is COc1cc(Nc2nc3cc(C)cc(-c4ccc5c(c4)OCCO5)n3n2)ccc1OCCN1CCCC1. The Morgan fingerprint density at radius 3 is 2.62 bits per heavy atom. The number of ether oxygens (including phenoxy) is 4. The van der Waals surface area contributed by atoms with Crippen molar-refractivity contribution in [1.29, 1.82) is 0 Å². The van der Waals surface area contributed by atoms with Crippen molar-refractivity contribution in [1.82, 2.24) is 19.5 Å². The first-order valence-electron chi connectivity index (χ1n) is 12.7. The molecule has 4 heterocycles. The molecule has 2 aliphatic rings. The Bertz CT molecular complexity index is 1410. The molecule has 2 aromatic carbocycles. The molecule has 37 heavy (non-hydrogen) atoms. The molecule has 0 amide bonds. The van der Waals surface area contributed by atoms with Crippen molar-refractivity contribution in [3.05, 3.63) is 54.1 Å². The van der Waals surface area contributed by atoms with Crippen molar-refractivity contribution < 1.29 is 18.9 Å². The van der Waals surface area contributed by atoms with Crippen LogP contribution in [0.1, 0.15) is 18.4 Å². The summed E-state index contributed by atoms with van der Waals surface area (Å²) in [5.41, 5.74) is 4.56. The molecule has 1 fully saturated rings. The highest BCUT2D eigenvalue weighted by Gasteiger charge is 2.17. The van der Waals surface area contributed by atoms with E-state index in [0.29, 0.717) is 31.5 Å². The molecule has 4 aromatic rings. The smallest absolute Gasteiger partial charge is 0.247 e. The molecule has 1 saturated heterocycles. The molecule has 9 heteroatoms. The van der Waals surface area contributed by atoms with Crippen LogP contribution < -0.4 is 24.3 Å². The number of aryl methyl sites for hydroxylation is 1. The third-order valence-electron chi connectivity index (χ3n) is 6.70. The summed E-state index contributed by atoms with van der Waals surface area (Å²) in [5.74, 6) is 3.40. The first kappa shape index (κ1) is 23.4. The van der Waals surface area contributed by atoms with Gasteiger partial charge in [0.1, 0.15) is 19.8 Å². The first-order valence-corrected chi connectivity index (χ1v) is 12.7. The summed E-state index contributed by atoms with van der Waals surface area (Å²) in [4.78, 5) is 7.15. The molecule has 0 spiro atoms. The van der Waals surface area contributed by atoms with Crippen molar-refractivity contribution in [2.75, 3.05) is 51.9 Å². The molecule has 0 radical (unpaired) electrons. The van der Waals surface area contributed by atoms with Crippen LogP contribution in [0.15, 0.2) is 48.5 Å². The summed E-state index contributed by atoms with van der Waals surface area (Å²) < 4.78 is 24.9. The quantitative estimate of drug-likeness (QED) is 0.372. The van der Waals surface area contributed by atoms with Crippen LogP contribution in [-0.4, -0.2) is 66.1 Å². The number of likely N-dealkylation sites (tertiary alicyclic amines) is 1. The highest BCUT2D eigenvalue weighted by Crippen LogP contribution is 2.35. The van der Waals surface area contributed by atoms with Gasteiger partial charge in [-0.15, -0.1) is 5.10 Å². The topological polar surface area (TPSA) is 82.4 Å². The maximum Gasteiger partial charge on any atom is 0.247 e. The zero-order valence-electron chi connectivity index (χ0n) is 21.2. The van der Waals surface area contributed by atoms with E-state index in [9.17, 15) is 0 Å². The fourth-order valence-electron chi connectivity index (χ4n) is 4.86. The van der Waals surface area contributed by atoms with Gasteiger partial charge >= 0.3 is 0 Å². The standard InChI is InChI=1S/C28H31N5O4/c1-19-15-22(20-5-7-24-26(17-20)37-14-13-36-24)33-27(16-19)30-28(31-33)29-21-6-8-23(25(18-21)34-2)35-12-11-32-9-3-4-10-32/h5-8,15-18H,3-4,9-14H2,1-2H3,(H,29,31). The minimum atomic E-state index is 0.495. The van der Waals surface area contributed by atoms with Gasteiger partial charge in [0.15, 0.2) is 28.6 Å². The Kier molecular flexibility index (Phi) is 6.44. The number of hydrogen-bond acceptors (Lipinski definition) is 8. The minimum Gasteiger partial charge on any atom is -0.493 e. The third kappa shape index (κ3) is 4.99. The molecule has 0 bridgehead atoms. The van der Waals surface area contributed by atoms with Crippen molar-refractivity contribution in [3.63, 3.8) is 0 Å². The van der Waals surface area contributed by atoms with Gasteiger partial charge in [0.05, 0.1) is 12.8 Å². The summed E-state index contributed by atoms with van der Waals surface area (Å²) in [6.45, 7) is 7.05. The van der Waals surface area contributed by atoms with Gasteiger partial charge in [-0.3, -0.25) is 4.90 Å². The number of rotatable bonds is 8. The Morgan fingerprint density at radius 1 is 0.946 bits per heavy atom. The number of pyridine rings is 1. The third-order valence-corrected chi connectivity index (χ3v) is 6.70. The first-order chi connectivity index (χ1) is 18.2. The molecule has 9 nitrogen and oxygen atoms in total. The zero-order valence-corrected chi connectivity index (χ0v) is 21.2. The Balaban J connectivity index is 1.23. The maximum absolute atomic E-state index is 6.01. The van der Waals surface area contributed by atoms with Gasteiger partial charge in [0, 0.05) is 23.9 Å². The largest absolute Gasteiger partial charge is 0.493 e. The summed E-state index contributed by atoms with van der Waals surface area (Å²) in [5, 5.41) is 8.07. The van der Waals surface area contributed by atoms with E-state index in [4.69, 9.17) is 29.0 Å². The van der Waals surface area contributed by atoms with Gasteiger partial charge in [-0.2, -0.15) is 4.98 Å². The molecule has 2 aliphatic heterocycles. The van der Waals surface area contributed by atoms with Crippen molar-refractivity contribution in [2.45, 2.75) is 19.8 Å². The number of benzene rings is 2. The fourth-order valence-corrected chi connectivity index (χ4v) is 4.86. The summed E-state index contributed by atoms with van der Waals surface area (Å²) >= 11 is 0. The molecular formula is C28H31N5O4. The summed E-state index contributed by atoms with van der Waals surface area (Å²) in [6.07, 6.45) is 2.55. The maximum atomic E-state index is 6.01. The van der Waals surface area contributed by atoms with E-state index in [2.05, 4.69) is 23.2 Å². The lowest BCUT2D eigenvalue weighted by atomic mass is 10.1. The average Bonchev–Trinajstić information content (AvgIpc) is 3.58. The van der Waals surface area contributed by atoms with E-state index >= 15 is 0 Å². The van der Waals surface area contributed by atoms with Crippen LogP contribution >= 0.6 is 0 Å². The van der Waals surface area contributed by atoms with Crippen LogP contribution in [0, 0.1) is 6.92 Å². The minimum absolute atomic E-state index is 0.495. The van der Waals surface area contributed by atoms with Crippen LogP contribution in [0.4, 0.5) is 11.6 Å². The lowest BCUT2D eigenvalue weighted by Crippen LogP contribution is -2.25. The number of methoxy groups -OCH3 is 1. The lowest BCUT2D eigenvalue weighted by Gasteiger charge is -2.19. The monoisotopic (exact) mass is 501 g/mol. The van der Waals surface area contributed by atoms with Gasteiger partial charge in [0.2, 0.25) is 5.95 Å². The van der Waals surface area contributed by atoms with Gasteiger partial charge in [-0.25, -0.2) is 4.52 Å². The average molecular weight is 502 g/mol. The van der Waals surface area contributed by atoms with E-state index in [0.717, 1.165) is 65.0 Å². The molecule has 2 aromatic heterocycles. The number of aromatic nitrogens is 3. The van der Waals surface area contributed by atoms with Crippen molar-refractivity contribution >= 4 is 17.3 Å². The Labute approximate surface area is 215 Å². The molecule has 1 N–H and O–H groups in total. The fraction of sp³-hybridized carbons (Fsp3) is 0.357. The van der Waals surface area contributed by atoms with E-state index in [-0.39, 0.29) is 0 Å². The van der Waals surface area contributed by atoms with Crippen LogP contribution in [0.5, 0.6) is 23.0 Å². The van der Waals surface area contributed by atoms with E-state index < -0.39 is 0 Å². The highest BCUT2D eigenvalue weighted by molar-refractivity contribution is 5.69. The summed E-state index contributed by atoms with van der Waals surface area (Å²) in [7, 11) is 1.65. The number of hydrogen-bond donors (Lipinski definition) is 1. The molecule has 0 atom stereocenters. The zero-order chi connectivity index (χ0) is 25.2.